The molecule has 1 aromatic heterocycles. The molecule has 12 heavy (non-hydrogen) atoms. The first-order valence-electron chi connectivity index (χ1n) is 4.25. The Bertz CT molecular complexity index is 269. The molecule has 0 spiro atoms. The minimum Gasteiger partial charge on any atom is -0.285 e. The molecule has 1 heterocycles. The Kier molecular flexibility index (Phi) is 2.36. The maximum absolute atomic E-state index is 9.43. The molecule has 0 aliphatic carbocycles. The van der Waals surface area contributed by atoms with Gasteiger partial charge in [0.15, 0.2) is 0 Å². The molecule has 66 valence electrons. The van der Waals surface area contributed by atoms with Crippen molar-refractivity contribution in [2.24, 2.45) is 0 Å². The van der Waals surface area contributed by atoms with Crippen molar-refractivity contribution in [1.29, 1.82) is 0 Å². The van der Waals surface area contributed by atoms with Gasteiger partial charge in [-0.2, -0.15) is 0 Å². The summed E-state index contributed by atoms with van der Waals surface area (Å²) in [5, 5.41) is 9.43. The summed E-state index contributed by atoms with van der Waals surface area (Å²) in [4.78, 5) is 0. The van der Waals surface area contributed by atoms with Crippen LogP contribution in [0.4, 0.5) is 0 Å². The third-order valence-electron chi connectivity index (χ3n) is 2.09. The smallest absolute Gasteiger partial charge is 0.231 e. The lowest BCUT2D eigenvalue weighted by Gasteiger charge is -2.04. The Balaban J connectivity index is 3.21. The highest BCUT2D eigenvalue weighted by Gasteiger charge is 2.12. The van der Waals surface area contributed by atoms with Gasteiger partial charge in [-0.3, -0.25) is 5.21 Å². The van der Waals surface area contributed by atoms with Crippen LogP contribution in [0.2, 0.25) is 0 Å². The number of nitrogens with zero attached hydrogens (tertiary/aromatic N) is 1. The van der Waals surface area contributed by atoms with E-state index in [2.05, 4.69) is 13.8 Å². The second-order valence-corrected chi connectivity index (χ2v) is 3.54. The summed E-state index contributed by atoms with van der Waals surface area (Å²) in [5.41, 5.74) is 3.05. The van der Waals surface area contributed by atoms with Crippen LogP contribution in [0.25, 0.3) is 0 Å². The van der Waals surface area contributed by atoms with Crippen molar-refractivity contribution in [3.63, 3.8) is 0 Å². The lowest BCUT2D eigenvalue weighted by Crippen LogP contribution is -2.37. The van der Waals surface area contributed by atoms with Gasteiger partial charge in [-0.05, 0) is 11.5 Å². The molecule has 0 bridgehead atoms. The minimum absolute atomic E-state index is 0.517. The van der Waals surface area contributed by atoms with E-state index in [0.717, 1.165) is 11.4 Å². The molecule has 0 aromatic carbocycles. The van der Waals surface area contributed by atoms with Gasteiger partial charge in [-0.1, -0.05) is 13.8 Å². The van der Waals surface area contributed by atoms with Crippen molar-refractivity contribution in [3.8, 4) is 0 Å². The van der Waals surface area contributed by atoms with Crippen LogP contribution in [0.3, 0.4) is 0 Å². The van der Waals surface area contributed by atoms with E-state index in [1.165, 1.54) is 10.3 Å². The summed E-state index contributed by atoms with van der Waals surface area (Å²) in [6.45, 7) is 8.10. The van der Waals surface area contributed by atoms with Gasteiger partial charge in [0.1, 0.15) is 0 Å². The maximum atomic E-state index is 9.43. The third kappa shape index (κ3) is 1.58. The highest BCUT2D eigenvalue weighted by atomic mass is 16.5. The standard InChI is InChI=1S/C10H16NO/c1-7(2)10-5-8(3)11(12)9(4)6-10/h5-7,12H,1-4H3/q+1. The molecular formula is C10H16NO+. The Labute approximate surface area is 73.4 Å². The number of aryl methyl sites for hydroxylation is 2. The predicted molar refractivity (Wildman–Crippen MR) is 47.4 cm³/mol. The number of rotatable bonds is 1. The first-order chi connectivity index (χ1) is 5.52. The van der Waals surface area contributed by atoms with Crippen molar-refractivity contribution in [3.05, 3.63) is 29.1 Å². The molecule has 0 radical (unpaired) electrons. The Morgan fingerprint density at radius 1 is 1.17 bits per heavy atom. The molecule has 0 saturated heterocycles. The van der Waals surface area contributed by atoms with Crippen molar-refractivity contribution in [1.82, 2.24) is 0 Å². The molecule has 1 rings (SSSR count). The van der Waals surface area contributed by atoms with Crippen LogP contribution in [0, 0.1) is 13.8 Å². The lowest BCUT2D eigenvalue weighted by molar-refractivity contribution is -0.912. The summed E-state index contributed by atoms with van der Waals surface area (Å²) in [5.74, 6) is 0.517. The normalized spacial score (nSPS) is 10.8. The van der Waals surface area contributed by atoms with Crippen LogP contribution in [0.15, 0.2) is 12.1 Å². The quantitative estimate of drug-likeness (QED) is 0.500. The van der Waals surface area contributed by atoms with Crippen LogP contribution in [-0.2, 0) is 0 Å². The van der Waals surface area contributed by atoms with Crippen LogP contribution in [0.1, 0.15) is 36.7 Å². The van der Waals surface area contributed by atoms with Crippen LogP contribution >= 0.6 is 0 Å². The van der Waals surface area contributed by atoms with E-state index in [9.17, 15) is 5.21 Å². The summed E-state index contributed by atoms with van der Waals surface area (Å²) in [6.07, 6.45) is 0. The largest absolute Gasteiger partial charge is 0.285 e. The molecule has 1 N–H and O–H groups in total. The fourth-order valence-corrected chi connectivity index (χ4v) is 1.26. The first kappa shape index (κ1) is 9.04. The summed E-state index contributed by atoms with van der Waals surface area (Å²) >= 11 is 0. The van der Waals surface area contributed by atoms with E-state index >= 15 is 0 Å². The Hall–Kier alpha value is -1.05. The molecule has 0 unspecified atom stereocenters. The van der Waals surface area contributed by atoms with Gasteiger partial charge in [-0.15, -0.1) is 0 Å². The lowest BCUT2D eigenvalue weighted by atomic mass is 10.0. The molecule has 0 aliphatic heterocycles. The SMILES string of the molecule is Cc1cc(C(C)C)cc(C)[n+]1O. The second-order valence-electron chi connectivity index (χ2n) is 3.54. The van der Waals surface area contributed by atoms with Gasteiger partial charge in [-0.25, -0.2) is 0 Å². The highest BCUT2D eigenvalue weighted by molar-refractivity contribution is 5.18. The highest BCUT2D eigenvalue weighted by Crippen LogP contribution is 2.14. The van der Waals surface area contributed by atoms with E-state index < -0.39 is 0 Å². The molecule has 0 aliphatic rings. The van der Waals surface area contributed by atoms with Crippen LogP contribution in [-0.4, -0.2) is 5.21 Å². The zero-order valence-corrected chi connectivity index (χ0v) is 8.13. The topological polar surface area (TPSA) is 24.1 Å². The van der Waals surface area contributed by atoms with E-state index in [4.69, 9.17) is 0 Å². The van der Waals surface area contributed by atoms with Gasteiger partial charge >= 0.3 is 0 Å². The Morgan fingerprint density at radius 3 is 1.92 bits per heavy atom. The van der Waals surface area contributed by atoms with Gasteiger partial charge in [0, 0.05) is 30.7 Å². The third-order valence-corrected chi connectivity index (χ3v) is 2.09. The zero-order chi connectivity index (χ0) is 9.30. The molecule has 1 aromatic rings. The van der Waals surface area contributed by atoms with Gasteiger partial charge in [0.05, 0.1) is 0 Å². The van der Waals surface area contributed by atoms with Gasteiger partial charge in [0.2, 0.25) is 11.4 Å². The van der Waals surface area contributed by atoms with Gasteiger partial charge in [0.25, 0.3) is 0 Å². The van der Waals surface area contributed by atoms with E-state index in [0.29, 0.717) is 5.92 Å². The predicted octanol–water partition coefficient (Wildman–Crippen LogP) is 1.95. The van der Waals surface area contributed by atoms with Crippen molar-refractivity contribution < 1.29 is 9.94 Å². The molecule has 2 nitrogen and oxygen atoms in total. The number of hydrogen-bond acceptors (Lipinski definition) is 1. The molecule has 0 amide bonds. The summed E-state index contributed by atoms with van der Waals surface area (Å²) < 4.78 is 1.21. The fourth-order valence-electron chi connectivity index (χ4n) is 1.26. The van der Waals surface area contributed by atoms with Gasteiger partial charge < -0.3 is 0 Å². The molecule has 0 saturated carbocycles. The van der Waals surface area contributed by atoms with Crippen LogP contribution < -0.4 is 4.73 Å². The number of hydrogen-bond donors (Lipinski definition) is 1. The molecule has 2 heteroatoms. The molecule has 0 fully saturated rings. The van der Waals surface area contributed by atoms with Crippen molar-refractivity contribution >= 4 is 0 Å². The van der Waals surface area contributed by atoms with Crippen molar-refractivity contribution in [2.75, 3.05) is 0 Å². The molecular weight excluding hydrogens is 150 g/mol. The number of aromatic nitrogens is 1. The average Bonchev–Trinajstić information content (AvgIpc) is 1.99. The fraction of sp³-hybridized carbons (Fsp3) is 0.500. The van der Waals surface area contributed by atoms with Crippen molar-refractivity contribution in [2.45, 2.75) is 33.6 Å². The Morgan fingerprint density at radius 2 is 1.58 bits per heavy atom. The number of pyridine rings is 1. The maximum Gasteiger partial charge on any atom is 0.231 e. The second kappa shape index (κ2) is 3.13. The average molecular weight is 166 g/mol. The van der Waals surface area contributed by atoms with Crippen LogP contribution in [0.5, 0.6) is 0 Å². The molecule has 0 atom stereocenters. The van der Waals surface area contributed by atoms with E-state index in [1.807, 2.05) is 26.0 Å². The summed E-state index contributed by atoms with van der Waals surface area (Å²) in [6, 6.07) is 4.02. The minimum atomic E-state index is 0.517. The van der Waals surface area contributed by atoms with E-state index in [-0.39, 0.29) is 0 Å². The monoisotopic (exact) mass is 166 g/mol. The summed E-state index contributed by atoms with van der Waals surface area (Å²) in [7, 11) is 0. The zero-order valence-electron chi connectivity index (χ0n) is 8.13. The van der Waals surface area contributed by atoms with E-state index in [1.54, 1.807) is 0 Å². The first-order valence-corrected chi connectivity index (χ1v) is 4.25.